The fraction of sp³-hybridized carbons (Fsp3) is 0.238. The quantitative estimate of drug-likeness (QED) is 0.230. The second kappa shape index (κ2) is 11.3. The van der Waals surface area contributed by atoms with E-state index in [0.29, 0.717) is 19.7 Å². The molecular formula is C21H26IN5O. The molecule has 0 spiro atoms. The Morgan fingerprint density at radius 1 is 1.11 bits per heavy atom. The Bertz CT molecular complexity index is 863. The van der Waals surface area contributed by atoms with Crippen molar-refractivity contribution in [1.29, 1.82) is 0 Å². The van der Waals surface area contributed by atoms with Crippen molar-refractivity contribution in [3.63, 3.8) is 0 Å². The number of aliphatic imine (C=N–C) groups is 1. The standard InChI is InChI=1S/C21H25N5O.HI/c1-17-7-9-19(10-8-17)27-14-12-24-21(22-2)25-15-18-5-3-4-6-20(18)26-13-11-23-16-26;/h3-11,13,16H,12,14-15H2,1-2H3,(H2,22,24,25);1H. The van der Waals surface area contributed by atoms with E-state index < -0.39 is 0 Å². The maximum Gasteiger partial charge on any atom is 0.191 e. The lowest BCUT2D eigenvalue weighted by atomic mass is 10.1. The van der Waals surface area contributed by atoms with E-state index in [1.165, 1.54) is 5.56 Å². The van der Waals surface area contributed by atoms with E-state index in [-0.39, 0.29) is 24.0 Å². The Morgan fingerprint density at radius 2 is 1.89 bits per heavy atom. The van der Waals surface area contributed by atoms with Crippen molar-refractivity contribution in [3.05, 3.63) is 78.4 Å². The van der Waals surface area contributed by atoms with Gasteiger partial charge in [-0.1, -0.05) is 35.9 Å². The molecule has 0 saturated carbocycles. The van der Waals surface area contributed by atoms with Crippen LogP contribution in [0.1, 0.15) is 11.1 Å². The number of halogens is 1. The number of rotatable bonds is 7. The highest BCUT2D eigenvalue weighted by Crippen LogP contribution is 2.13. The third-order valence-electron chi connectivity index (χ3n) is 4.13. The summed E-state index contributed by atoms with van der Waals surface area (Å²) in [6, 6.07) is 16.3. The number of guanidine groups is 1. The van der Waals surface area contributed by atoms with E-state index in [0.717, 1.165) is 23.0 Å². The highest BCUT2D eigenvalue weighted by Gasteiger charge is 2.05. The van der Waals surface area contributed by atoms with Crippen LogP contribution in [0.2, 0.25) is 0 Å². The number of hydrogen-bond acceptors (Lipinski definition) is 3. The molecule has 2 N–H and O–H groups in total. The number of imidazole rings is 1. The normalized spacial score (nSPS) is 10.9. The van der Waals surface area contributed by atoms with Crippen molar-refractivity contribution in [1.82, 2.24) is 20.2 Å². The Balaban J connectivity index is 0.00000280. The number of para-hydroxylation sites is 1. The van der Waals surface area contributed by atoms with Gasteiger partial charge in [0.1, 0.15) is 12.4 Å². The molecule has 0 bridgehead atoms. The Kier molecular flexibility index (Phi) is 8.80. The van der Waals surface area contributed by atoms with Crippen LogP contribution < -0.4 is 15.4 Å². The van der Waals surface area contributed by atoms with Crippen LogP contribution in [-0.4, -0.2) is 35.7 Å². The van der Waals surface area contributed by atoms with Gasteiger partial charge in [-0.3, -0.25) is 4.99 Å². The molecule has 3 rings (SSSR count). The molecule has 1 aromatic heterocycles. The first-order valence-electron chi connectivity index (χ1n) is 8.96. The van der Waals surface area contributed by atoms with Crippen molar-refractivity contribution in [2.24, 2.45) is 4.99 Å². The minimum Gasteiger partial charge on any atom is -0.492 e. The monoisotopic (exact) mass is 491 g/mol. The summed E-state index contributed by atoms with van der Waals surface area (Å²) in [6.45, 7) is 3.95. The molecule has 2 aromatic carbocycles. The Morgan fingerprint density at radius 3 is 2.61 bits per heavy atom. The first kappa shape index (κ1) is 21.7. The second-order valence-electron chi connectivity index (χ2n) is 6.11. The first-order valence-corrected chi connectivity index (χ1v) is 8.96. The van der Waals surface area contributed by atoms with Crippen LogP contribution in [0.3, 0.4) is 0 Å². The van der Waals surface area contributed by atoms with Crippen LogP contribution in [-0.2, 0) is 6.54 Å². The molecule has 148 valence electrons. The summed E-state index contributed by atoms with van der Waals surface area (Å²) in [4.78, 5) is 8.39. The summed E-state index contributed by atoms with van der Waals surface area (Å²) in [6.07, 6.45) is 5.52. The fourth-order valence-corrected chi connectivity index (χ4v) is 2.69. The van der Waals surface area contributed by atoms with E-state index in [1.54, 1.807) is 19.6 Å². The maximum atomic E-state index is 5.73. The predicted molar refractivity (Wildman–Crippen MR) is 124 cm³/mol. The molecule has 0 fully saturated rings. The number of nitrogens with one attached hydrogen (secondary N) is 2. The third-order valence-corrected chi connectivity index (χ3v) is 4.13. The molecule has 0 radical (unpaired) electrons. The molecule has 6 nitrogen and oxygen atoms in total. The van der Waals surface area contributed by atoms with Gasteiger partial charge in [-0.25, -0.2) is 4.98 Å². The van der Waals surface area contributed by atoms with Crippen molar-refractivity contribution in [3.8, 4) is 11.4 Å². The Hall–Kier alpha value is -2.55. The number of nitrogens with zero attached hydrogens (tertiary/aromatic N) is 3. The number of hydrogen-bond donors (Lipinski definition) is 2. The summed E-state index contributed by atoms with van der Waals surface area (Å²) < 4.78 is 7.73. The van der Waals surface area contributed by atoms with Crippen molar-refractivity contribution in [2.45, 2.75) is 13.5 Å². The summed E-state index contributed by atoms with van der Waals surface area (Å²) in [5, 5.41) is 6.61. The summed E-state index contributed by atoms with van der Waals surface area (Å²) in [7, 11) is 1.76. The van der Waals surface area contributed by atoms with E-state index in [4.69, 9.17) is 4.74 Å². The summed E-state index contributed by atoms with van der Waals surface area (Å²) >= 11 is 0. The van der Waals surface area contributed by atoms with Gasteiger partial charge in [0.05, 0.1) is 18.6 Å². The lowest BCUT2D eigenvalue weighted by molar-refractivity contribution is 0.322. The highest BCUT2D eigenvalue weighted by atomic mass is 127. The van der Waals surface area contributed by atoms with Crippen molar-refractivity contribution < 1.29 is 4.74 Å². The molecule has 0 amide bonds. The summed E-state index contributed by atoms with van der Waals surface area (Å²) in [5.41, 5.74) is 3.48. The topological polar surface area (TPSA) is 63.5 Å². The smallest absolute Gasteiger partial charge is 0.191 e. The molecule has 0 saturated heterocycles. The van der Waals surface area contributed by atoms with Gasteiger partial charge >= 0.3 is 0 Å². The zero-order valence-electron chi connectivity index (χ0n) is 16.1. The van der Waals surface area contributed by atoms with E-state index in [2.05, 4.69) is 39.7 Å². The lowest BCUT2D eigenvalue weighted by Gasteiger charge is -2.15. The van der Waals surface area contributed by atoms with Gasteiger partial charge in [-0.15, -0.1) is 24.0 Å². The molecule has 0 aliphatic heterocycles. The number of benzene rings is 2. The summed E-state index contributed by atoms with van der Waals surface area (Å²) in [5.74, 6) is 1.61. The number of ether oxygens (including phenoxy) is 1. The first-order chi connectivity index (χ1) is 13.3. The zero-order valence-corrected chi connectivity index (χ0v) is 18.5. The molecule has 7 heteroatoms. The van der Waals surface area contributed by atoms with Crippen LogP contribution in [0, 0.1) is 6.92 Å². The van der Waals surface area contributed by atoms with Crippen LogP contribution in [0.4, 0.5) is 0 Å². The van der Waals surface area contributed by atoms with Gasteiger partial charge in [0.2, 0.25) is 0 Å². The molecular weight excluding hydrogens is 465 g/mol. The molecule has 0 aliphatic carbocycles. The van der Waals surface area contributed by atoms with Crippen LogP contribution >= 0.6 is 24.0 Å². The zero-order chi connectivity index (χ0) is 18.9. The molecule has 3 aromatic rings. The average molecular weight is 491 g/mol. The fourth-order valence-electron chi connectivity index (χ4n) is 2.69. The predicted octanol–water partition coefficient (Wildman–Crippen LogP) is 3.54. The van der Waals surface area contributed by atoms with Gasteiger partial charge in [0.15, 0.2) is 5.96 Å². The van der Waals surface area contributed by atoms with Gasteiger partial charge in [0.25, 0.3) is 0 Å². The molecule has 0 aliphatic rings. The van der Waals surface area contributed by atoms with Gasteiger partial charge in [-0.2, -0.15) is 0 Å². The minimum atomic E-state index is 0. The Labute approximate surface area is 183 Å². The van der Waals surface area contributed by atoms with Crippen LogP contribution in [0.5, 0.6) is 5.75 Å². The largest absolute Gasteiger partial charge is 0.492 e. The molecule has 0 unspecified atom stereocenters. The van der Waals surface area contributed by atoms with Crippen molar-refractivity contribution in [2.75, 3.05) is 20.2 Å². The molecule has 1 heterocycles. The van der Waals surface area contributed by atoms with Crippen LogP contribution in [0.25, 0.3) is 5.69 Å². The van der Waals surface area contributed by atoms with Gasteiger partial charge < -0.3 is 19.9 Å². The van der Waals surface area contributed by atoms with Gasteiger partial charge in [0, 0.05) is 26.0 Å². The molecule has 0 atom stereocenters. The lowest BCUT2D eigenvalue weighted by Crippen LogP contribution is -2.39. The van der Waals surface area contributed by atoms with E-state index in [9.17, 15) is 0 Å². The van der Waals surface area contributed by atoms with Gasteiger partial charge in [-0.05, 0) is 30.7 Å². The van der Waals surface area contributed by atoms with E-state index >= 15 is 0 Å². The average Bonchev–Trinajstić information content (AvgIpc) is 3.24. The SMILES string of the molecule is CN=C(NCCOc1ccc(C)cc1)NCc1ccccc1-n1ccnc1.I. The number of aromatic nitrogens is 2. The van der Waals surface area contributed by atoms with Crippen LogP contribution in [0.15, 0.2) is 72.2 Å². The third kappa shape index (κ3) is 6.26. The minimum absolute atomic E-state index is 0. The molecule has 28 heavy (non-hydrogen) atoms. The second-order valence-corrected chi connectivity index (χ2v) is 6.11. The van der Waals surface area contributed by atoms with E-state index in [1.807, 2.05) is 47.2 Å². The maximum absolute atomic E-state index is 5.73. The number of aryl methyl sites for hydroxylation is 1. The van der Waals surface area contributed by atoms with Crippen molar-refractivity contribution >= 4 is 29.9 Å². The highest BCUT2D eigenvalue weighted by molar-refractivity contribution is 14.0.